The molecule has 1 aliphatic heterocycles. The SMILES string of the molecule is O=C(CCc1ccc(Cl)cc1Cl)Nc1cccc(N2CCCC2=O)c1. The Morgan fingerprint density at radius 3 is 2.72 bits per heavy atom. The first kappa shape index (κ1) is 17.8. The maximum atomic E-state index is 12.2. The number of nitrogens with one attached hydrogen (secondary N) is 1. The zero-order valence-electron chi connectivity index (χ0n) is 13.6. The first-order chi connectivity index (χ1) is 12.0. The Labute approximate surface area is 156 Å². The summed E-state index contributed by atoms with van der Waals surface area (Å²) in [6.45, 7) is 0.727. The van der Waals surface area contributed by atoms with Gasteiger partial charge in [-0.25, -0.2) is 0 Å². The molecule has 0 spiro atoms. The van der Waals surface area contributed by atoms with Crippen molar-refractivity contribution in [3.8, 4) is 0 Å². The quantitative estimate of drug-likeness (QED) is 0.822. The number of benzene rings is 2. The number of halogens is 2. The second kappa shape index (κ2) is 7.89. The minimum absolute atomic E-state index is 0.101. The van der Waals surface area contributed by atoms with Crippen LogP contribution in [0.3, 0.4) is 0 Å². The topological polar surface area (TPSA) is 49.4 Å². The van der Waals surface area contributed by atoms with Crippen molar-refractivity contribution < 1.29 is 9.59 Å². The molecule has 130 valence electrons. The molecule has 3 rings (SSSR count). The highest BCUT2D eigenvalue weighted by Gasteiger charge is 2.21. The fourth-order valence-corrected chi connectivity index (χ4v) is 3.37. The molecule has 0 aliphatic carbocycles. The Morgan fingerprint density at radius 2 is 2.00 bits per heavy atom. The molecule has 0 saturated carbocycles. The van der Waals surface area contributed by atoms with E-state index in [0.717, 1.165) is 24.2 Å². The number of anilines is 2. The zero-order chi connectivity index (χ0) is 17.8. The van der Waals surface area contributed by atoms with Gasteiger partial charge in [-0.15, -0.1) is 0 Å². The van der Waals surface area contributed by atoms with E-state index >= 15 is 0 Å². The molecular weight excluding hydrogens is 359 g/mol. The molecule has 0 unspecified atom stereocenters. The van der Waals surface area contributed by atoms with E-state index in [9.17, 15) is 9.59 Å². The third-order valence-electron chi connectivity index (χ3n) is 4.15. The molecule has 2 amide bonds. The van der Waals surface area contributed by atoms with Crippen LogP contribution in [-0.2, 0) is 16.0 Å². The highest BCUT2D eigenvalue weighted by atomic mass is 35.5. The summed E-state index contributed by atoms with van der Waals surface area (Å²) < 4.78 is 0. The monoisotopic (exact) mass is 376 g/mol. The Hall–Kier alpha value is -2.04. The summed E-state index contributed by atoms with van der Waals surface area (Å²) in [6, 6.07) is 12.6. The van der Waals surface area contributed by atoms with Gasteiger partial charge >= 0.3 is 0 Å². The molecule has 6 heteroatoms. The van der Waals surface area contributed by atoms with Gasteiger partial charge < -0.3 is 10.2 Å². The molecule has 1 fully saturated rings. The van der Waals surface area contributed by atoms with E-state index in [1.165, 1.54) is 0 Å². The van der Waals surface area contributed by atoms with Crippen molar-refractivity contribution in [1.82, 2.24) is 0 Å². The summed E-state index contributed by atoms with van der Waals surface area (Å²) in [4.78, 5) is 25.8. The Kier molecular flexibility index (Phi) is 5.61. The first-order valence-electron chi connectivity index (χ1n) is 8.17. The lowest BCUT2D eigenvalue weighted by molar-refractivity contribution is -0.117. The normalized spacial score (nSPS) is 14.0. The average Bonchev–Trinajstić information content (AvgIpc) is 3.00. The van der Waals surface area contributed by atoms with E-state index in [1.54, 1.807) is 17.0 Å². The molecule has 0 bridgehead atoms. The van der Waals surface area contributed by atoms with Crippen LogP contribution >= 0.6 is 23.2 Å². The molecular formula is C19H18Cl2N2O2. The van der Waals surface area contributed by atoms with Gasteiger partial charge in [0.05, 0.1) is 0 Å². The van der Waals surface area contributed by atoms with Crippen molar-refractivity contribution in [2.24, 2.45) is 0 Å². The molecule has 0 aromatic heterocycles. The van der Waals surface area contributed by atoms with Crippen LogP contribution in [0.5, 0.6) is 0 Å². The molecule has 1 aliphatic rings. The predicted molar refractivity (Wildman–Crippen MR) is 101 cm³/mol. The molecule has 0 radical (unpaired) electrons. The maximum absolute atomic E-state index is 12.2. The van der Waals surface area contributed by atoms with Crippen LogP contribution in [0, 0.1) is 0 Å². The molecule has 4 nitrogen and oxygen atoms in total. The van der Waals surface area contributed by atoms with Crippen LogP contribution in [-0.4, -0.2) is 18.4 Å². The lowest BCUT2D eigenvalue weighted by Gasteiger charge is -2.16. The van der Waals surface area contributed by atoms with Gasteiger partial charge in [0.15, 0.2) is 0 Å². The molecule has 1 N–H and O–H groups in total. The van der Waals surface area contributed by atoms with E-state index in [0.29, 0.717) is 35.0 Å². The van der Waals surface area contributed by atoms with E-state index in [1.807, 2.05) is 30.3 Å². The van der Waals surface area contributed by atoms with Gasteiger partial charge in [-0.3, -0.25) is 9.59 Å². The average molecular weight is 377 g/mol. The van der Waals surface area contributed by atoms with Crippen LogP contribution in [0.25, 0.3) is 0 Å². The van der Waals surface area contributed by atoms with Crippen molar-refractivity contribution in [2.45, 2.75) is 25.7 Å². The van der Waals surface area contributed by atoms with Crippen molar-refractivity contribution in [3.05, 3.63) is 58.1 Å². The van der Waals surface area contributed by atoms with Gasteiger partial charge in [-0.05, 0) is 48.7 Å². The van der Waals surface area contributed by atoms with Crippen molar-refractivity contribution in [3.63, 3.8) is 0 Å². The fraction of sp³-hybridized carbons (Fsp3) is 0.263. The molecule has 1 saturated heterocycles. The van der Waals surface area contributed by atoms with Crippen LogP contribution in [0.2, 0.25) is 10.0 Å². The number of hydrogen-bond acceptors (Lipinski definition) is 2. The number of hydrogen-bond donors (Lipinski definition) is 1. The van der Waals surface area contributed by atoms with Gasteiger partial charge in [0.25, 0.3) is 0 Å². The largest absolute Gasteiger partial charge is 0.326 e. The summed E-state index contributed by atoms with van der Waals surface area (Å²) in [6.07, 6.45) is 2.30. The van der Waals surface area contributed by atoms with Crippen LogP contribution in [0.15, 0.2) is 42.5 Å². The maximum Gasteiger partial charge on any atom is 0.227 e. The number of aryl methyl sites for hydroxylation is 1. The summed E-state index contributed by atoms with van der Waals surface area (Å²) in [5.74, 6) is 0.0248. The molecule has 1 heterocycles. The highest BCUT2D eigenvalue weighted by molar-refractivity contribution is 6.35. The van der Waals surface area contributed by atoms with Crippen molar-refractivity contribution in [2.75, 3.05) is 16.8 Å². The number of carbonyl (C=O) groups is 2. The van der Waals surface area contributed by atoms with Crippen LogP contribution in [0.1, 0.15) is 24.8 Å². The van der Waals surface area contributed by atoms with Gasteiger partial charge in [0, 0.05) is 40.8 Å². The standard InChI is InChI=1S/C19H18Cl2N2O2/c20-14-8-6-13(17(21)11-14)7-9-18(24)22-15-3-1-4-16(12-15)23-10-2-5-19(23)25/h1,3-4,6,8,11-12H,2,5,7,9-10H2,(H,22,24). The van der Waals surface area contributed by atoms with Crippen molar-refractivity contribution >= 4 is 46.4 Å². The summed E-state index contributed by atoms with van der Waals surface area (Å²) in [5.41, 5.74) is 2.39. The Bertz CT molecular complexity index is 808. The minimum Gasteiger partial charge on any atom is -0.326 e. The van der Waals surface area contributed by atoms with E-state index in [-0.39, 0.29) is 11.8 Å². The summed E-state index contributed by atoms with van der Waals surface area (Å²) in [5, 5.41) is 4.02. The second-order valence-corrected chi connectivity index (χ2v) is 6.83. The highest BCUT2D eigenvalue weighted by Crippen LogP contribution is 2.25. The fourth-order valence-electron chi connectivity index (χ4n) is 2.87. The number of rotatable bonds is 5. The third-order valence-corrected chi connectivity index (χ3v) is 4.74. The summed E-state index contributed by atoms with van der Waals surface area (Å²) in [7, 11) is 0. The smallest absolute Gasteiger partial charge is 0.227 e. The minimum atomic E-state index is -0.101. The second-order valence-electron chi connectivity index (χ2n) is 5.98. The lowest BCUT2D eigenvalue weighted by atomic mass is 10.1. The van der Waals surface area contributed by atoms with Gasteiger partial charge in [-0.2, -0.15) is 0 Å². The van der Waals surface area contributed by atoms with Gasteiger partial charge in [-0.1, -0.05) is 35.3 Å². The number of carbonyl (C=O) groups excluding carboxylic acids is 2. The van der Waals surface area contributed by atoms with E-state index in [4.69, 9.17) is 23.2 Å². The number of amides is 2. The van der Waals surface area contributed by atoms with E-state index < -0.39 is 0 Å². The van der Waals surface area contributed by atoms with Crippen LogP contribution in [0.4, 0.5) is 11.4 Å². The number of nitrogens with zero attached hydrogens (tertiary/aromatic N) is 1. The van der Waals surface area contributed by atoms with Gasteiger partial charge in [0.2, 0.25) is 11.8 Å². The lowest BCUT2D eigenvalue weighted by Crippen LogP contribution is -2.23. The molecule has 25 heavy (non-hydrogen) atoms. The van der Waals surface area contributed by atoms with Crippen LogP contribution < -0.4 is 10.2 Å². The molecule has 2 aromatic carbocycles. The molecule has 0 atom stereocenters. The van der Waals surface area contributed by atoms with Gasteiger partial charge in [0.1, 0.15) is 0 Å². The third kappa shape index (κ3) is 4.53. The van der Waals surface area contributed by atoms with E-state index in [2.05, 4.69) is 5.32 Å². The molecule has 2 aromatic rings. The Balaban J connectivity index is 1.60. The zero-order valence-corrected chi connectivity index (χ0v) is 15.1. The van der Waals surface area contributed by atoms with Crippen molar-refractivity contribution in [1.29, 1.82) is 0 Å². The summed E-state index contributed by atoms with van der Waals surface area (Å²) >= 11 is 12.0. The first-order valence-corrected chi connectivity index (χ1v) is 8.93. The Morgan fingerprint density at radius 1 is 1.16 bits per heavy atom. The predicted octanol–water partition coefficient (Wildman–Crippen LogP) is 4.69.